The van der Waals surface area contributed by atoms with E-state index in [1.165, 1.54) is 12.8 Å². The van der Waals surface area contributed by atoms with Crippen LogP contribution >= 0.6 is 0 Å². The molecule has 0 aliphatic carbocycles. The molecular formula is C10H14O2. The summed E-state index contributed by atoms with van der Waals surface area (Å²) in [6.45, 7) is 2.61. The predicted molar refractivity (Wildman–Crippen MR) is 47.7 cm³/mol. The van der Waals surface area contributed by atoms with Crippen molar-refractivity contribution in [3.05, 3.63) is 23.8 Å². The van der Waals surface area contributed by atoms with Gasteiger partial charge in [0.15, 0.2) is 0 Å². The number of hydrogen-bond donors (Lipinski definition) is 0. The van der Waals surface area contributed by atoms with Crippen LogP contribution in [-0.2, 0) is 9.53 Å². The van der Waals surface area contributed by atoms with E-state index in [2.05, 4.69) is 13.0 Å². The maximum absolute atomic E-state index is 10.6. The Morgan fingerprint density at radius 1 is 1.67 bits per heavy atom. The zero-order valence-corrected chi connectivity index (χ0v) is 7.38. The first-order valence-electron chi connectivity index (χ1n) is 4.37. The predicted octanol–water partition coefficient (Wildman–Crippen LogP) is 2.22. The smallest absolute Gasteiger partial charge is 0.331 e. The summed E-state index contributed by atoms with van der Waals surface area (Å²) in [7, 11) is 0. The molecule has 1 aliphatic heterocycles. The molecule has 0 atom stereocenters. The first-order valence-corrected chi connectivity index (χ1v) is 4.37. The van der Waals surface area contributed by atoms with E-state index in [1.54, 1.807) is 6.08 Å². The summed E-state index contributed by atoms with van der Waals surface area (Å²) in [5.41, 5.74) is 0.983. The van der Waals surface area contributed by atoms with Gasteiger partial charge in [-0.25, -0.2) is 4.79 Å². The summed E-state index contributed by atoms with van der Waals surface area (Å²) in [6, 6.07) is 0. The van der Waals surface area contributed by atoms with Crippen molar-refractivity contribution in [1.82, 2.24) is 0 Å². The van der Waals surface area contributed by atoms with Crippen LogP contribution in [0.25, 0.3) is 0 Å². The largest absolute Gasteiger partial charge is 0.458 e. The molecule has 0 radical (unpaired) electrons. The number of carbonyl (C=O) groups excluding carboxylic acids is 1. The van der Waals surface area contributed by atoms with Gasteiger partial charge in [0.05, 0.1) is 0 Å². The molecule has 0 aromatic rings. The third kappa shape index (κ3) is 2.91. The molecule has 0 spiro atoms. The molecule has 0 amide bonds. The van der Waals surface area contributed by atoms with Gasteiger partial charge in [-0.15, -0.1) is 0 Å². The standard InChI is InChI=1S/C10H14O2/c1-2-3-4-5-6-9-7-10(11)12-8-9/h5-7H,2-4,8H2,1H3/b6-5+. The molecule has 12 heavy (non-hydrogen) atoms. The van der Waals surface area contributed by atoms with Gasteiger partial charge in [0.2, 0.25) is 0 Å². The quantitative estimate of drug-likeness (QED) is 0.473. The Morgan fingerprint density at radius 3 is 3.08 bits per heavy atom. The van der Waals surface area contributed by atoms with Crippen LogP contribution < -0.4 is 0 Å². The average molecular weight is 166 g/mol. The van der Waals surface area contributed by atoms with Crippen LogP contribution in [0.4, 0.5) is 0 Å². The third-order valence-corrected chi connectivity index (χ3v) is 1.74. The van der Waals surface area contributed by atoms with Crippen LogP contribution in [0.1, 0.15) is 26.2 Å². The van der Waals surface area contributed by atoms with Gasteiger partial charge >= 0.3 is 5.97 Å². The van der Waals surface area contributed by atoms with E-state index in [1.807, 2.05) is 6.08 Å². The van der Waals surface area contributed by atoms with Crippen LogP contribution in [0.3, 0.4) is 0 Å². The highest BCUT2D eigenvalue weighted by atomic mass is 16.5. The fraction of sp³-hybridized carbons (Fsp3) is 0.500. The Bertz CT molecular complexity index is 214. The second kappa shape index (κ2) is 4.75. The van der Waals surface area contributed by atoms with Gasteiger partial charge < -0.3 is 4.74 Å². The van der Waals surface area contributed by atoms with E-state index in [0.29, 0.717) is 6.61 Å². The van der Waals surface area contributed by atoms with Crippen molar-refractivity contribution in [2.45, 2.75) is 26.2 Å². The number of rotatable bonds is 4. The first-order chi connectivity index (χ1) is 5.83. The number of esters is 1. The zero-order chi connectivity index (χ0) is 8.81. The Kier molecular flexibility index (Phi) is 3.58. The van der Waals surface area contributed by atoms with Gasteiger partial charge in [-0.3, -0.25) is 0 Å². The van der Waals surface area contributed by atoms with Crippen LogP contribution in [0.2, 0.25) is 0 Å². The summed E-state index contributed by atoms with van der Waals surface area (Å²) in [5, 5.41) is 0. The lowest BCUT2D eigenvalue weighted by molar-refractivity contribution is -0.134. The number of unbranched alkanes of at least 4 members (excludes halogenated alkanes) is 2. The fourth-order valence-electron chi connectivity index (χ4n) is 1.04. The molecule has 1 rings (SSSR count). The second-order valence-electron chi connectivity index (χ2n) is 2.87. The maximum atomic E-state index is 10.6. The summed E-state index contributed by atoms with van der Waals surface area (Å²) >= 11 is 0. The summed E-state index contributed by atoms with van der Waals surface area (Å²) in [6.07, 6.45) is 9.11. The van der Waals surface area contributed by atoms with Crippen LogP contribution in [0, 0.1) is 0 Å². The normalized spacial score (nSPS) is 16.8. The first kappa shape index (κ1) is 9.04. The molecule has 66 valence electrons. The van der Waals surface area contributed by atoms with Crippen molar-refractivity contribution < 1.29 is 9.53 Å². The number of hydrogen-bond acceptors (Lipinski definition) is 2. The topological polar surface area (TPSA) is 26.3 Å². The lowest BCUT2D eigenvalue weighted by atomic mass is 10.2. The molecule has 0 bridgehead atoms. The van der Waals surface area contributed by atoms with Crippen molar-refractivity contribution in [2.75, 3.05) is 6.61 Å². The molecule has 0 saturated carbocycles. The van der Waals surface area contributed by atoms with Crippen molar-refractivity contribution in [3.63, 3.8) is 0 Å². The summed E-state index contributed by atoms with van der Waals surface area (Å²) in [4.78, 5) is 10.6. The van der Waals surface area contributed by atoms with E-state index in [-0.39, 0.29) is 5.97 Å². The maximum Gasteiger partial charge on any atom is 0.331 e. The number of cyclic esters (lactones) is 1. The molecular weight excluding hydrogens is 152 g/mol. The Labute approximate surface area is 72.9 Å². The molecule has 0 N–H and O–H groups in total. The SMILES string of the molecule is CCCC/C=C/C1=CC(=O)OC1. The summed E-state index contributed by atoms with van der Waals surface area (Å²) in [5.74, 6) is -0.217. The van der Waals surface area contributed by atoms with Crippen LogP contribution in [0.15, 0.2) is 23.8 Å². The van der Waals surface area contributed by atoms with E-state index < -0.39 is 0 Å². The Balaban J connectivity index is 2.26. The monoisotopic (exact) mass is 166 g/mol. The van der Waals surface area contributed by atoms with Gasteiger partial charge in [0.25, 0.3) is 0 Å². The highest BCUT2D eigenvalue weighted by molar-refractivity contribution is 5.85. The molecule has 1 aliphatic rings. The van der Waals surface area contributed by atoms with Crippen molar-refractivity contribution in [2.24, 2.45) is 0 Å². The third-order valence-electron chi connectivity index (χ3n) is 1.74. The molecule has 0 unspecified atom stereocenters. The highest BCUT2D eigenvalue weighted by Crippen LogP contribution is 2.08. The summed E-state index contributed by atoms with van der Waals surface area (Å²) < 4.78 is 4.74. The molecule has 1 heterocycles. The van der Waals surface area contributed by atoms with Gasteiger partial charge in [0, 0.05) is 6.08 Å². The minimum absolute atomic E-state index is 0.217. The van der Waals surface area contributed by atoms with Gasteiger partial charge in [-0.05, 0) is 12.0 Å². The van der Waals surface area contributed by atoms with Crippen molar-refractivity contribution in [3.8, 4) is 0 Å². The molecule has 2 nitrogen and oxygen atoms in total. The van der Waals surface area contributed by atoms with Crippen molar-refractivity contribution >= 4 is 5.97 Å². The second-order valence-corrected chi connectivity index (χ2v) is 2.87. The molecule has 0 aromatic carbocycles. The van der Waals surface area contributed by atoms with E-state index in [9.17, 15) is 4.79 Å². The number of allylic oxidation sites excluding steroid dienone is 1. The van der Waals surface area contributed by atoms with Gasteiger partial charge in [-0.1, -0.05) is 31.9 Å². The lowest BCUT2D eigenvalue weighted by Gasteiger charge is -1.91. The van der Waals surface area contributed by atoms with Gasteiger partial charge in [0.1, 0.15) is 6.61 Å². The molecule has 0 saturated heterocycles. The Hall–Kier alpha value is -1.05. The van der Waals surface area contributed by atoms with Crippen molar-refractivity contribution in [1.29, 1.82) is 0 Å². The van der Waals surface area contributed by atoms with Gasteiger partial charge in [-0.2, -0.15) is 0 Å². The molecule has 0 aromatic heterocycles. The van der Waals surface area contributed by atoms with Crippen LogP contribution in [-0.4, -0.2) is 12.6 Å². The number of carbonyl (C=O) groups is 1. The fourth-order valence-corrected chi connectivity index (χ4v) is 1.04. The minimum atomic E-state index is -0.217. The Morgan fingerprint density at radius 2 is 2.50 bits per heavy atom. The molecule has 2 heteroatoms. The van der Waals surface area contributed by atoms with E-state index in [4.69, 9.17) is 4.74 Å². The van der Waals surface area contributed by atoms with E-state index >= 15 is 0 Å². The zero-order valence-electron chi connectivity index (χ0n) is 7.38. The van der Waals surface area contributed by atoms with Crippen LogP contribution in [0.5, 0.6) is 0 Å². The molecule has 0 fully saturated rings. The average Bonchev–Trinajstić information content (AvgIpc) is 2.45. The lowest BCUT2D eigenvalue weighted by Crippen LogP contribution is -1.90. The highest BCUT2D eigenvalue weighted by Gasteiger charge is 2.08. The minimum Gasteiger partial charge on any atom is -0.458 e. The number of ether oxygens (including phenoxy) is 1. The van der Waals surface area contributed by atoms with E-state index in [0.717, 1.165) is 12.0 Å².